The van der Waals surface area contributed by atoms with Crippen LogP contribution in [0.5, 0.6) is 0 Å². The van der Waals surface area contributed by atoms with Gasteiger partial charge in [-0.15, -0.1) is 0 Å². The number of rotatable bonds is 5. The van der Waals surface area contributed by atoms with Gasteiger partial charge in [-0.05, 0) is 31.2 Å². The topological polar surface area (TPSA) is 52.3 Å². The largest absolute Gasteiger partial charge is 0.462 e. The Labute approximate surface area is 126 Å². The zero-order valence-corrected chi connectivity index (χ0v) is 12.7. The van der Waals surface area contributed by atoms with E-state index in [1.54, 1.807) is 13.0 Å². The third-order valence-corrected chi connectivity index (χ3v) is 5.02. The molecule has 0 radical (unpaired) electrons. The van der Waals surface area contributed by atoms with Crippen molar-refractivity contribution in [3.8, 4) is 0 Å². The Bertz CT molecular complexity index is 602. The summed E-state index contributed by atoms with van der Waals surface area (Å²) < 4.78 is 5.06. The molecule has 0 aromatic heterocycles. The first-order valence-corrected chi connectivity index (χ1v) is 8.32. The maximum absolute atomic E-state index is 11.9. The minimum Gasteiger partial charge on any atom is -0.462 e. The zero-order valence-electron chi connectivity index (χ0n) is 11.0. The van der Waals surface area contributed by atoms with Crippen LogP contribution in [0, 0.1) is 0 Å². The van der Waals surface area contributed by atoms with Gasteiger partial charge in [-0.25, -0.2) is 4.79 Å². The van der Waals surface area contributed by atoms with Gasteiger partial charge < -0.3 is 10.5 Å². The van der Waals surface area contributed by atoms with Gasteiger partial charge in [-0.3, -0.25) is 0 Å². The molecule has 0 saturated carbocycles. The van der Waals surface area contributed by atoms with Crippen LogP contribution in [-0.4, -0.2) is 12.6 Å². The summed E-state index contributed by atoms with van der Waals surface area (Å²) in [6, 6.07) is 15.1. The minimum absolute atomic E-state index is 0.294. The average molecular weight is 305 g/mol. The van der Waals surface area contributed by atoms with Crippen molar-refractivity contribution in [3.05, 3.63) is 54.1 Å². The maximum atomic E-state index is 11.9. The molecular weight excluding hydrogens is 290 g/mol. The summed E-state index contributed by atoms with van der Waals surface area (Å²) >= 11 is 0. The van der Waals surface area contributed by atoms with E-state index >= 15 is 0 Å². The molecule has 2 aromatic rings. The Balaban J connectivity index is 2.14. The lowest BCUT2D eigenvalue weighted by Crippen LogP contribution is -2.05. The summed E-state index contributed by atoms with van der Waals surface area (Å²) in [5, 5.41) is 0. The quantitative estimate of drug-likeness (QED) is 0.508. The summed E-state index contributed by atoms with van der Waals surface area (Å²) in [6.45, 7) is 2.17. The lowest BCUT2D eigenvalue weighted by molar-refractivity contribution is 0.0522. The molecule has 0 aliphatic heterocycles. The molecule has 0 amide bonds. The lowest BCUT2D eigenvalue weighted by atomic mass is 10.2. The number of carbonyl (C=O) groups excluding carboxylic acids is 1. The van der Waals surface area contributed by atoms with Crippen molar-refractivity contribution < 1.29 is 9.53 Å². The molecule has 0 heterocycles. The van der Waals surface area contributed by atoms with Crippen LogP contribution in [0.2, 0.25) is 0 Å². The second-order valence-corrected chi connectivity index (χ2v) is 6.13. The SMILES string of the molecule is CCOC(=O)c1ccccc1SSc1ccccc1N. The molecule has 20 heavy (non-hydrogen) atoms. The molecule has 2 N–H and O–H groups in total. The van der Waals surface area contributed by atoms with E-state index in [0.717, 1.165) is 15.5 Å². The van der Waals surface area contributed by atoms with Crippen LogP contribution in [0.1, 0.15) is 17.3 Å². The molecular formula is C15H15NO2S2. The fourth-order valence-electron chi connectivity index (χ4n) is 1.56. The highest BCUT2D eigenvalue weighted by molar-refractivity contribution is 8.76. The summed E-state index contributed by atoms with van der Waals surface area (Å²) in [5.41, 5.74) is 7.22. The van der Waals surface area contributed by atoms with Gasteiger partial charge in [-0.1, -0.05) is 45.9 Å². The molecule has 0 bridgehead atoms. The molecule has 104 valence electrons. The van der Waals surface area contributed by atoms with E-state index in [2.05, 4.69) is 0 Å². The van der Waals surface area contributed by atoms with Crippen LogP contribution < -0.4 is 5.73 Å². The molecule has 0 aliphatic carbocycles. The number of nitrogen functional groups attached to an aromatic ring is 1. The first-order valence-electron chi connectivity index (χ1n) is 6.17. The third-order valence-electron chi connectivity index (χ3n) is 2.52. The number of hydrogen-bond acceptors (Lipinski definition) is 5. The Morgan fingerprint density at radius 1 is 1.05 bits per heavy atom. The minimum atomic E-state index is -0.294. The van der Waals surface area contributed by atoms with Crippen molar-refractivity contribution in [2.75, 3.05) is 12.3 Å². The Hall–Kier alpha value is -1.59. The smallest absolute Gasteiger partial charge is 0.339 e. The third kappa shape index (κ3) is 3.71. The summed E-state index contributed by atoms with van der Waals surface area (Å²) in [4.78, 5) is 13.7. The number of para-hydroxylation sites is 1. The van der Waals surface area contributed by atoms with Crippen molar-refractivity contribution in [3.63, 3.8) is 0 Å². The number of benzene rings is 2. The van der Waals surface area contributed by atoms with Crippen LogP contribution in [0.3, 0.4) is 0 Å². The Morgan fingerprint density at radius 3 is 2.35 bits per heavy atom. The molecule has 0 spiro atoms. The van der Waals surface area contributed by atoms with Crippen LogP contribution in [-0.2, 0) is 4.74 Å². The Morgan fingerprint density at radius 2 is 1.65 bits per heavy atom. The Kier molecular flexibility index (Phi) is 5.38. The van der Waals surface area contributed by atoms with Gasteiger partial charge in [0.2, 0.25) is 0 Å². The number of nitrogens with two attached hydrogens (primary N) is 1. The molecule has 5 heteroatoms. The predicted octanol–water partition coefficient (Wildman–Crippen LogP) is 4.24. The number of carbonyl (C=O) groups is 1. The number of ether oxygens (including phenoxy) is 1. The first kappa shape index (κ1) is 14.8. The van der Waals surface area contributed by atoms with Crippen molar-refractivity contribution in [2.45, 2.75) is 16.7 Å². The highest BCUT2D eigenvalue weighted by Gasteiger charge is 2.13. The van der Waals surface area contributed by atoms with Crippen molar-refractivity contribution in [1.29, 1.82) is 0 Å². The molecule has 0 unspecified atom stereocenters. The number of hydrogen-bond donors (Lipinski definition) is 1. The zero-order chi connectivity index (χ0) is 14.4. The van der Waals surface area contributed by atoms with Gasteiger partial charge in [0.1, 0.15) is 0 Å². The van der Waals surface area contributed by atoms with Crippen molar-refractivity contribution >= 4 is 33.2 Å². The molecule has 0 atom stereocenters. The molecule has 2 aromatic carbocycles. The van der Waals surface area contributed by atoms with Gasteiger partial charge >= 0.3 is 5.97 Å². The van der Waals surface area contributed by atoms with Crippen molar-refractivity contribution in [2.24, 2.45) is 0 Å². The van der Waals surface area contributed by atoms with Gasteiger partial charge in [0.15, 0.2) is 0 Å². The lowest BCUT2D eigenvalue weighted by Gasteiger charge is -2.08. The van der Waals surface area contributed by atoms with Crippen LogP contribution in [0.4, 0.5) is 5.69 Å². The maximum Gasteiger partial charge on any atom is 0.339 e. The number of esters is 1. The van der Waals surface area contributed by atoms with Crippen LogP contribution in [0.25, 0.3) is 0 Å². The van der Waals surface area contributed by atoms with Crippen molar-refractivity contribution in [1.82, 2.24) is 0 Å². The van der Waals surface area contributed by atoms with Crippen LogP contribution in [0.15, 0.2) is 58.3 Å². The molecule has 0 fully saturated rings. The van der Waals surface area contributed by atoms with Crippen LogP contribution >= 0.6 is 21.6 Å². The molecule has 3 nitrogen and oxygen atoms in total. The fourth-order valence-corrected chi connectivity index (χ4v) is 3.85. The molecule has 0 aliphatic rings. The van der Waals surface area contributed by atoms with Gasteiger partial charge in [0, 0.05) is 15.5 Å². The second-order valence-electron chi connectivity index (χ2n) is 3.92. The van der Waals surface area contributed by atoms with E-state index in [-0.39, 0.29) is 5.97 Å². The molecule has 2 rings (SSSR count). The van der Waals surface area contributed by atoms with E-state index in [0.29, 0.717) is 12.2 Å². The fraction of sp³-hybridized carbons (Fsp3) is 0.133. The van der Waals surface area contributed by atoms with E-state index in [4.69, 9.17) is 10.5 Å². The van der Waals surface area contributed by atoms with E-state index < -0.39 is 0 Å². The summed E-state index contributed by atoms with van der Waals surface area (Å²) in [7, 11) is 3.04. The highest BCUT2D eigenvalue weighted by Crippen LogP contribution is 2.41. The summed E-state index contributed by atoms with van der Waals surface area (Å²) in [6.07, 6.45) is 0. The average Bonchev–Trinajstić information content (AvgIpc) is 2.47. The highest BCUT2D eigenvalue weighted by atomic mass is 33.1. The van der Waals surface area contributed by atoms with Gasteiger partial charge in [0.05, 0.1) is 12.2 Å². The monoisotopic (exact) mass is 305 g/mol. The summed E-state index contributed by atoms with van der Waals surface area (Å²) in [5.74, 6) is -0.294. The van der Waals surface area contributed by atoms with Gasteiger partial charge in [-0.2, -0.15) is 0 Å². The predicted molar refractivity (Wildman–Crippen MR) is 85.0 cm³/mol. The van der Waals surface area contributed by atoms with Gasteiger partial charge in [0.25, 0.3) is 0 Å². The molecule has 0 saturated heterocycles. The number of anilines is 1. The van der Waals surface area contributed by atoms with E-state index in [1.807, 2.05) is 42.5 Å². The second kappa shape index (κ2) is 7.26. The normalized spacial score (nSPS) is 10.2. The first-order chi connectivity index (χ1) is 9.72. The van der Waals surface area contributed by atoms with E-state index in [9.17, 15) is 4.79 Å². The van der Waals surface area contributed by atoms with E-state index in [1.165, 1.54) is 21.6 Å². The standard InChI is InChI=1S/C15H15NO2S2/c1-2-18-15(17)11-7-3-5-9-13(11)19-20-14-10-6-4-8-12(14)16/h3-10H,2,16H2,1H3.